The first-order valence-corrected chi connectivity index (χ1v) is 8.21. The number of fused-ring (bicyclic) bond motifs is 1. The summed E-state index contributed by atoms with van der Waals surface area (Å²) in [4.78, 5) is 10.1. The molecule has 8 nitrogen and oxygen atoms in total. The van der Waals surface area contributed by atoms with Crippen LogP contribution in [0, 0.1) is 22.0 Å². The topological polar surface area (TPSA) is 128 Å². The number of sulfonamides is 1. The van der Waals surface area contributed by atoms with Crippen LogP contribution in [0.2, 0.25) is 0 Å². The molecule has 0 bridgehead atoms. The fourth-order valence-electron chi connectivity index (χ4n) is 2.73. The molecule has 0 aliphatic heterocycles. The molecule has 0 heterocycles. The third-order valence-electron chi connectivity index (χ3n) is 3.98. The Morgan fingerprint density at radius 2 is 2.18 bits per heavy atom. The van der Waals surface area contributed by atoms with E-state index in [1.54, 1.807) is 0 Å². The summed E-state index contributed by atoms with van der Waals surface area (Å²) in [5, 5.41) is 20.3. The maximum atomic E-state index is 11.3. The van der Waals surface area contributed by atoms with Crippen LogP contribution in [0.25, 0.3) is 0 Å². The number of nitro benzene ring substituents is 1. The van der Waals surface area contributed by atoms with Crippen molar-refractivity contribution in [3.8, 4) is 0 Å². The molecule has 3 rings (SSSR count). The number of nitrogens with zero attached hydrogens (tertiary/aromatic N) is 2. The van der Waals surface area contributed by atoms with E-state index in [-0.39, 0.29) is 16.3 Å². The van der Waals surface area contributed by atoms with Gasteiger partial charge in [-0.05, 0) is 30.9 Å². The lowest BCUT2D eigenvalue weighted by molar-refractivity contribution is -0.384. The molecule has 0 unspecified atom stereocenters. The quantitative estimate of drug-likeness (QED) is 0.494. The van der Waals surface area contributed by atoms with Gasteiger partial charge in [-0.15, -0.1) is 0 Å². The van der Waals surface area contributed by atoms with E-state index < -0.39 is 14.9 Å². The van der Waals surface area contributed by atoms with Crippen LogP contribution >= 0.6 is 0 Å². The molecule has 0 spiro atoms. The van der Waals surface area contributed by atoms with Gasteiger partial charge < -0.3 is 0 Å². The molecule has 0 radical (unpaired) electrons. The van der Waals surface area contributed by atoms with E-state index in [1.165, 1.54) is 12.1 Å². The third kappa shape index (κ3) is 2.60. The van der Waals surface area contributed by atoms with Crippen LogP contribution in [-0.2, 0) is 10.0 Å². The lowest BCUT2D eigenvalue weighted by Crippen LogP contribution is -2.33. The van der Waals surface area contributed by atoms with E-state index in [0.717, 1.165) is 24.6 Å². The fourth-order valence-corrected chi connectivity index (χ4v) is 3.26. The van der Waals surface area contributed by atoms with Gasteiger partial charge in [0.15, 0.2) is 0 Å². The zero-order valence-electron chi connectivity index (χ0n) is 11.5. The summed E-state index contributed by atoms with van der Waals surface area (Å²) in [7, 11) is -3.99. The Morgan fingerprint density at radius 3 is 2.82 bits per heavy atom. The molecule has 22 heavy (non-hydrogen) atoms. The number of primary sulfonamides is 1. The zero-order chi connectivity index (χ0) is 15.9. The van der Waals surface area contributed by atoms with E-state index in [2.05, 4.69) is 22.7 Å². The second kappa shape index (κ2) is 5.18. The van der Waals surface area contributed by atoms with Crippen molar-refractivity contribution >= 4 is 27.1 Å². The molecule has 0 amide bonds. The molecule has 1 aromatic rings. The van der Waals surface area contributed by atoms with Crippen molar-refractivity contribution in [2.75, 3.05) is 5.43 Å². The van der Waals surface area contributed by atoms with Crippen LogP contribution in [0.15, 0.2) is 40.3 Å². The van der Waals surface area contributed by atoms with Crippen LogP contribution < -0.4 is 10.6 Å². The van der Waals surface area contributed by atoms with Crippen molar-refractivity contribution in [2.24, 2.45) is 22.1 Å². The number of benzene rings is 1. The summed E-state index contributed by atoms with van der Waals surface area (Å²) >= 11 is 0. The zero-order valence-corrected chi connectivity index (χ0v) is 12.3. The van der Waals surface area contributed by atoms with Crippen molar-refractivity contribution in [1.82, 2.24) is 0 Å². The van der Waals surface area contributed by atoms with Crippen molar-refractivity contribution in [3.63, 3.8) is 0 Å². The third-order valence-corrected chi connectivity index (χ3v) is 4.89. The predicted molar refractivity (Wildman–Crippen MR) is 80.9 cm³/mol. The maximum Gasteiger partial charge on any atom is 0.295 e. The number of nitro groups is 1. The van der Waals surface area contributed by atoms with Gasteiger partial charge in [0.2, 0.25) is 10.0 Å². The van der Waals surface area contributed by atoms with Gasteiger partial charge in [-0.3, -0.25) is 15.5 Å². The van der Waals surface area contributed by atoms with Crippen LogP contribution in [0.1, 0.15) is 12.8 Å². The minimum Gasteiger partial charge on any atom is -0.272 e. The van der Waals surface area contributed by atoms with Crippen molar-refractivity contribution in [3.05, 3.63) is 40.5 Å². The minimum atomic E-state index is -3.99. The molecule has 3 N–H and O–H groups in total. The van der Waals surface area contributed by atoms with E-state index in [1.807, 2.05) is 0 Å². The Kier molecular flexibility index (Phi) is 3.45. The van der Waals surface area contributed by atoms with Crippen LogP contribution in [0.5, 0.6) is 0 Å². The Bertz CT molecular complexity index is 800. The average molecular weight is 322 g/mol. The molecule has 116 valence electrons. The monoisotopic (exact) mass is 322 g/mol. The molecule has 1 aromatic carbocycles. The molecule has 0 aromatic heterocycles. The summed E-state index contributed by atoms with van der Waals surface area (Å²) in [6.07, 6.45) is 6.06. The lowest BCUT2D eigenvalue weighted by Gasteiger charge is -2.31. The number of anilines is 1. The first-order valence-electron chi connectivity index (χ1n) is 6.66. The van der Waals surface area contributed by atoms with Gasteiger partial charge in [0, 0.05) is 17.7 Å². The Hall–Kier alpha value is -2.26. The Morgan fingerprint density at radius 1 is 1.41 bits per heavy atom. The fraction of sp³-hybridized carbons (Fsp3) is 0.308. The molecular weight excluding hydrogens is 308 g/mol. The second-order valence-corrected chi connectivity index (χ2v) is 6.90. The normalized spacial score (nSPS) is 24.9. The van der Waals surface area contributed by atoms with Crippen molar-refractivity contribution in [1.29, 1.82) is 0 Å². The second-order valence-electron chi connectivity index (χ2n) is 5.33. The minimum absolute atomic E-state index is 0.138. The first kappa shape index (κ1) is 14.7. The summed E-state index contributed by atoms with van der Waals surface area (Å²) in [6.45, 7) is 0. The smallest absolute Gasteiger partial charge is 0.272 e. The molecule has 9 heteroatoms. The van der Waals surface area contributed by atoms with Gasteiger partial charge in [-0.2, -0.15) is 5.10 Å². The number of nitrogens with two attached hydrogens (primary N) is 1. The highest BCUT2D eigenvalue weighted by Gasteiger charge is 2.38. The van der Waals surface area contributed by atoms with Crippen LogP contribution in [-0.4, -0.2) is 19.1 Å². The number of hydrazone groups is 1. The number of nitrogens with one attached hydrogen (secondary N) is 1. The Labute approximate surface area is 126 Å². The molecular formula is C13H14N4O4S. The predicted octanol–water partition coefficient (Wildman–Crippen LogP) is 1.61. The van der Waals surface area contributed by atoms with Gasteiger partial charge >= 0.3 is 0 Å². The highest BCUT2D eigenvalue weighted by molar-refractivity contribution is 7.89. The van der Waals surface area contributed by atoms with Gasteiger partial charge in [0.1, 0.15) is 5.69 Å². The standard InChI is InChI=1S/C13H14N4O4S/c14-22(20,21)9-4-5-11(13(7-9)17(18)19)15-16-12-6-8-2-1-3-10(8)12/h1-2,4-5,7-8,10,15H,3,6H2,(H2,14,20,21)/b16-12-/t8-,10-/m0/s1. The van der Waals surface area contributed by atoms with E-state index in [9.17, 15) is 18.5 Å². The largest absolute Gasteiger partial charge is 0.295 e. The molecule has 1 saturated carbocycles. The maximum absolute atomic E-state index is 11.3. The average Bonchev–Trinajstić information content (AvgIpc) is 2.79. The number of allylic oxidation sites excluding steroid dienone is 2. The molecule has 0 saturated heterocycles. The summed E-state index contributed by atoms with van der Waals surface area (Å²) in [5.74, 6) is 0.913. The van der Waals surface area contributed by atoms with Crippen LogP contribution in [0.3, 0.4) is 0 Å². The van der Waals surface area contributed by atoms with E-state index >= 15 is 0 Å². The lowest BCUT2D eigenvalue weighted by atomic mass is 9.74. The number of hydrogen-bond acceptors (Lipinski definition) is 6. The highest BCUT2D eigenvalue weighted by atomic mass is 32.2. The summed E-state index contributed by atoms with van der Waals surface area (Å²) < 4.78 is 22.5. The van der Waals surface area contributed by atoms with Gasteiger partial charge in [-0.1, -0.05) is 12.2 Å². The van der Waals surface area contributed by atoms with Crippen molar-refractivity contribution < 1.29 is 13.3 Å². The van der Waals surface area contributed by atoms with E-state index in [4.69, 9.17) is 5.14 Å². The first-order chi connectivity index (χ1) is 10.4. The molecule has 2 aliphatic rings. The number of hydrogen-bond donors (Lipinski definition) is 2. The SMILES string of the molecule is NS(=O)(=O)c1ccc(N/N=C2/C[C@@H]3C=CC[C@H]23)c([N+](=O)[O-])c1. The molecule has 2 aliphatic carbocycles. The van der Waals surface area contributed by atoms with Gasteiger partial charge in [-0.25, -0.2) is 13.6 Å². The van der Waals surface area contributed by atoms with Gasteiger partial charge in [0.05, 0.1) is 9.82 Å². The Balaban J connectivity index is 1.84. The summed E-state index contributed by atoms with van der Waals surface area (Å²) in [6, 6.07) is 3.44. The van der Waals surface area contributed by atoms with Crippen molar-refractivity contribution in [2.45, 2.75) is 17.7 Å². The van der Waals surface area contributed by atoms with E-state index in [0.29, 0.717) is 11.8 Å². The summed E-state index contributed by atoms with van der Waals surface area (Å²) in [5.41, 5.74) is 3.40. The molecule has 2 atom stereocenters. The molecule has 1 fully saturated rings. The number of rotatable bonds is 4. The highest BCUT2D eigenvalue weighted by Crippen LogP contribution is 2.40. The van der Waals surface area contributed by atoms with Gasteiger partial charge in [0.25, 0.3) is 5.69 Å². The van der Waals surface area contributed by atoms with Crippen LogP contribution in [0.4, 0.5) is 11.4 Å².